The molecule has 3 rings (SSSR count). The molecule has 2 aromatic heterocycles. The number of nitrogen functional groups attached to an aromatic ring is 1. The molecular formula is C14H11N5O3. The number of aromatic nitrogens is 3. The van der Waals surface area contributed by atoms with E-state index < -0.39 is 5.97 Å². The summed E-state index contributed by atoms with van der Waals surface area (Å²) in [7, 11) is 1.23. The van der Waals surface area contributed by atoms with Crippen molar-refractivity contribution < 1.29 is 9.53 Å². The van der Waals surface area contributed by atoms with Gasteiger partial charge in [-0.05, 0) is 18.2 Å². The number of imidazole rings is 1. The summed E-state index contributed by atoms with van der Waals surface area (Å²) in [6.07, 6.45) is 1.45. The van der Waals surface area contributed by atoms with E-state index in [1.807, 2.05) is 6.07 Å². The van der Waals surface area contributed by atoms with Gasteiger partial charge in [0.1, 0.15) is 6.07 Å². The summed E-state index contributed by atoms with van der Waals surface area (Å²) in [5, 5.41) is 9.08. The van der Waals surface area contributed by atoms with Crippen LogP contribution >= 0.6 is 0 Å². The van der Waals surface area contributed by atoms with E-state index in [-0.39, 0.29) is 22.6 Å². The first-order chi connectivity index (χ1) is 10.5. The van der Waals surface area contributed by atoms with Crippen LogP contribution in [0.1, 0.15) is 16.1 Å². The van der Waals surface area contributed by atoms with E-state index in [1.54, 1.807) is 18.2 Å². The van der Waals surface area contributed by atoms with Crippen molar-refractivity contribution >= 4 is 22.7 Å². The van der Waals surface area contributed by atoms with Crippen LogP contribution in [0.3, 0.4) is 0 Å². The first-order valence-electron chi connectivity index (χ1n) is 6.27. The summed E-state index contributed by atoms with van der Waals surface area (Å²) in [4.78, 5) is 28.5. The smallest absolute Gasteiger partial charge is 0.357 e. The maximum Gasteiger partial charge on any atom is 0.357 e. The number of nitriles is 1. The predicted molar refractivity (Wildman–Crippen MR) is 78.7 cm³/mol. The minimum Gasteiger partial charge on any atom is -0.464 e. The van der Waals surface area contributed by atoms with E-state index in [2.05, 4.69) is 9.97 Å². The van der Waals surface area contributed by atoms with Crippen molar-refractivity contribution in [3.63, 3.8) is 0 Å². The number of ether oxygens (including phenoxy) is 1. The van der Waals surface area contributed by atoms with Crippen molar-refractivity contribution in [2.24, 2.45) is 0 Å². The maximum absolute atomic E-state index is 11.9. The lowest BCUT2D eigenvalue weighted by Gasteiger charge is -2.08. The van der Waals surface area contributed by atoms with Gasteiger partial charge in [-0.1, -0.05) is 0 Å². The zero-order valence-corrected chi connectivity index (χ0v) is 11.5. The minimum atomic E-state index is -0.651. The molecule has 0 fully saturated rings. The first kappa shape index (κ1) is 13.5. The molecule has 0 saturated heterocycles. The van der Waals surface area contributed by atoms with Gasteiger partial charge in [0, 0.05) is 11.9 Å². The van der Waals surface area contributed by atoms with E-state index in [1.165, 1.54) is 17.9 Å². The van der Waals surface area contributed by atoms with E-state index >= 15 is 0 Å². The summed E-state index contributed by atoms with van der Waals surface area (Å²) in [6, 6.07) is 6.98. The van der Waals surface area contributed by atoms with Gasteiger partial charge < -0.3 is 25.0 Å². The van der Waals surface area contributed by atoms with Crippen molar-refractivity contribution in [3.05, 3.63) is 46.1 Å². The fraction of sp³-hybridized carbons (Fsp3) is 0.0714. The van der Waals surface area contributed by atoms with Crippen LogP contribution in [0.5, 0.6) is 0 Å². The summed E-state index contributed by atoms with van der Waals surface area (Å²) < 4.78 is 6.18. The second kappa shape index (κ2) is 4.82. The molecule has 0 saturated carbocycles. The summed E-state index contributed by atoms with van der Waals surface area (Å²) >= 11 is 0. The largest absolute Gasteiger partial charge is 0.464 e. The van der Waals surface area contributed by atoms with Gasteiger partial charge in [0.25, 0.3) is 0 Å². The van der Waals surface area contributed by atoms with Crippen LogP contribution in [0.2, 0.25) is 0 Å². The average Bonchev–Trinajstić information content (AvgIpc) is 3.04. The van der Waals surface area contributed by atoms with Crippen LogP contribution < -0.4 is 11.4 Å². The number of benzene rings is 1. The van der Waals surface area contributed by atoms with Crippen molar-refractivity contribution in [1.82, 2.24) is 14.5 Å². The molecule has 2 heterocycles. The normalized spacial score (nSPS) is 10.5. The van der Waals surface area contributed by atoms with Crippen LogP contribution in [0.25, 0.3) is 16.7 Å². The molecule has 0 unspecified atom stereocenters. The van der Waals surface area contributed by atoms with Crippen molar-refractivity contribution in [2.45, 2.75) is 0 Å². The Morgan fingerprint density at radius 2 is 2.09 bits per heavy atom. The molecular weight excluding hydrogens is 286 g/mol. The second-order valence-corrected chi connectivity index (χ2v) is 4.59. The lowest BCUT2D eigenvalue weighted by molar-refractivity contribution is 0.0593. The number of nitrogens with two attached hydrogens (primary N) is 1. The molecule has 0 radical (unpaired) electrons. The highest BCUT2D eigenvalue weighted by Gasteiger charge is 2.21. The van der Waals surface area contributed by atoms with Gasteiger partial charge in [-0.15, -0.1) is 0 Å². The Hall–Kier alpha value is -3.47. The molecule has 3 aromatic rings. The fourth-order valence-electron chi connectivity index (χ4n) is 2.29. The highest BCUT2D eigenvalue weighted by molar-refractivity contribution is 5.96. The number of nitrogens with one attached hydrogen (secondary N) is 2. The number of anilines is 1. The zero-order chi connectivity index (χ0) is 15.9. The average molecular weight is 297 g/mol. The number of carbonyl (C=O) groups excluding carboxylic acids is 1. The van der Waals surface area contributed by atoms with Crippen LogP contribution in [0.15, 0.2) is 29.2 Å². The predicted octanol–water partition coefficient (Wildman–Crippen LogP) is 0.887. The Kier molecular flexibility index (Phi) is 2.96. The lowest BCUT2D eigenvalue weighted by Crippen LogP contribution is -2.11. The number of rotatable bonds is 2. The van der Waals surface area contributed by atoms with E-state index in [0.717, 1.165) is 0 Å². The maximum atomic E-state index is 11.9. The van der Waals surface area contributed by atoms with Gasteiger partial charge in [0.05, 0.1) is 29.4 Å². The number of H-pyrrole nitrogens is 2. The number of nitrogens with zero attached hydrogens (tertiary/aromatic N) is 2. The van der Waals surface area contributed by atoms with E-state index in [0.29, 0.717) is 16.7 Å². The highest BCUT2D eigenvalue weighted by Crippen LogP contribution is 2.25. The lowest BCUT2D eigenvalue weighted by atomic mass is 10.2. The van der Waals surface area contributed by atoms with Gasteiger partial charge >= 0.3 is 11.7 Å². The molecule has 8 nitrogen and oxygen atoms in total. The van der Waals surface area contributed by atoms with Gasteiger partial charge in [0.15, 0.2) is 5.69 Å². The number of aromatic amines is 2. The Labute approximate surface area is 123 Å². The third-order valence-corrected chi connectivity index (χ3v) is 3.32. The van der Waals surface area contributed by atoms with Crippen LogP contribution in [-0.2, 0) is 4.74 Å². The molecule has 0 aliphatic rings. The van der Waals surface area contributed by atoms with Crippen LogP contribution in [0, 0.1) is 11.3 Å². The molecule has 1 aromatic carbocycles. The van der Waals surface area contributed by atoms with Crippen molar-refractivity contribution in [3.8, 4) is 11.8 Å². The summed E-state index contributed by atoms with van der Waals surface area (Å²) in [5.74, 6) is -0.651. The molecule has 4 N–H and O–H groups in total. The van der Waals surface area contributed by atoms with Gasteiger partial charge in [-0.3, -0.25) is 0 Å². The number of hydrogen-bond acceptors (Lipinski definition) is 5. The fourth-order valence-corrected chi connectivity index (χ4v) is 2.29. The Balaban J connectivity index is 2.27. The molecule has 0 aliphatic carbocycles. The molecule has 0 aliphatic heterocycles. The van der Waals surface area contributed by atoms with Crippen molar-refractivity contribution in [1.29, 1.82) is 5.26 Å². The molecule has 0 spiro atoms. The molecule has 0 amide bonds. The first-order valence-corrected chi connectivity index (χ1v) is 6.27. The Morgan fingerprint density at radius 3 is 2.77 bits per heavy atom. The molecule has 0 bridgehead atoms. The topological polar surface area (TPSA) is 130 Å². The van der Waals surface area contributed by atoms with E-state index in [4.69, 9.17) is 15.7 Å². The quantitative estimate of drug-likeness (QED) is 0.605. The van der Waals surface area contributed by atoms with Crippen LogP contribution in [0.4, 0.5) is 5.69 Å². The molecule has 0 atom stereocenters. The minimum absolute atomic E-state index is 0.0528. The summed E-state index contributed by atoms with van der Waals surface area (Å²) in [5.41, 5.74) is 7.57. The van der Waals surface area contributed by atoms with Gasteiger partial charge in [0.2, 0.25) is 0 Å². The highest BCUT2D eigenvalue weighted by atomic mass is 16.5. The molecule has 22 heavy (non-hydrogen) atoms. The third-order valence-electron chi connectivity index (χ3n) is 3.32. The monoisotopic (exact) mass is 297 g/mol. The zero-order valence-electron chi connectivity index (χ0n) is 11.5. The number of hydrogen-bond donors (Lipinski definition) is 3. The number of methoxy groups -OCH3 is 1. The van der Waals surface area contributed by atoms with Gasteiger partial charge in [-0.2, -0.15) is 5.26 Å². The molecule has 110 valence electrons. The third kappa shape index (κ3) is 1.92. The Morgan fingerprint density at radius 1 is 1.36 bits per heavy atom. The van der Waals surface area contributed by atoms with Crippen molar-refractivity contribution in [2.75, 3.05) is 12.8 Å². The van der Waals surface area contributed by atoms with Crippen LogP contribution in [-0.4, -0.2) is 27.6 Å². The SMILES string of the molecule is COC(=O)c1c(N)c(C#N)cn1-c1ccc2[nH]c(=O)[nH]c2c1. The summed E-state index contributed by atoms with van der Waals surface area (Å²) in [6.45, 7) is 0. The Bertz CT molecular complexity index is 986. The second-order valence-electron chi connectivity index (χ2n) is 4.59. The molecule has 8 heteroatoms. The number of fused-ring (bicyclic) bond motifs is 1. The van der Waals surface area contributed by atoms with E-state index in [9.17, 15) is 9.59 Å². The number of carbonyl (C=O) groups is 1. The number of esters is 1. The van der Waals surface area contributed by atoms with Gasteiger partial charge in [-0.25, -0.2) is 9.59 Å². The standard InChI is InChI=1S/C14H11N5O3/c1-22-13(20)12-11(16)7(5-15)6-19(12)8-2-3-9-10(4-8)18-14(21)17-9/h2-4,6H,16H2,1H3,(H2,17,18,21).